The summed E-state index contributed by atoms with van der Waals surface area (Å²) < 4.78 is 38.6. The Kier molecular flexibility index (Phi) is 4.41. The highest BCUT2D eigenvalue weighted by molar-refractivity contribution is 5.97. The van der Waals surface area contributed by atoms with E-state index in [1.807, 2.05) is 0 Å². The summed E-state index contributed by atoms with van der Waals surface area (Å²) in [5, 5.41) is 9.26. The number of benzene rings is 1. The molecule has 1 atom stereocenters. The molecule has 1 saturated heterocycles. The highest BCUT2D eigenvalue weighted by Gasteiger charge is 2.46. The van der Waals surface area contributed by atoms with Crippen molar-refractivity contribution in [3.8, 4) is 11.5 Å². The summed E-state index contributed by atoms with van der Waals surface area (Å²) in [4.78, 5) is 12.8. The van der Waals surface area contributed by atoms with E-state index in [4.69, 9.17) is 15.2 Å². The molecule has 2 rings (SSSR count). The van der Waals surface area contributed by atoms with E-state index in [-0.39, 0.29) is 29.2 Å². The number of nitrogens with zero attached hydrogens (tertiary/aromatic N) is 1. The predicted molar refractivity (Wildman–Crippen MR) is 75.8 cm³/mol. The zero-order chi connectivity index (χ0) is 16.5. The van der Waals surface area contributed by atoms with Gasteiger partial charge in [0.05, 0.1) is 19.3 Å². The second kappa shape index (κ2) is 5.96. The molecule has 0 aliphatic carbocycles. The minimum atomic E-state index is -3.10. The molecule has 0 spiro atoms. The summed E-state index contributed by atoms with van der Waals surface area (Å²) >= 11 is 0. The number of hydrogen-bond acceptors (Lipinski definition) is 5. The van der Waals surface area contributed by atoms with Crippen LogP contribution in [0.2, 0.25) is 0 Å². The van der Waals surface area contributed by atoms with Crippen LogP contribution in [0.3, 0.4) is 0 Å². The molecule has 6 nitrogen and oxygen atoms in total. The van der Waals surface area contributed by atoms with Crippen molar-refractivity contribution < 1.29 is 28.2 Å². The Labute approximate surface area is 126 Å². The molecule has 122 valence electrons. The molecule has 0 radical (unpaired) electrons. The van der Waals surface area contributed by atoms with Crippen LogP contribution < -0.4 is 15.2 Å². The van der Waals surface area contributed by atoms with Gasteiger partial charge in [-0.25, -0.2) is 13.6 Å². The Balaban J connectivity index is 2.40. The van der Waals surface area contributed by atoms with E-state index in [1.54, 1.807) is 7.05 Å². The molecular weight excluding hydrogens is 298 g/mol. The zero-order valence-electron chi connectivity index (χ0n) is 12.3. The first-order valence-corrected chi connectivity index (χ1v) is 6.69. The van der Waals surface area contributed by atoms with Gasteiger partial charge in [0.25, 0.3) is 5.92 Å². The number of halogens is 2. The first kappa shape index (κ1) is 16.3. The molecule has 1 fully saturated rings. The summed E-state index contributed by atoms with van der Waals surface area (Å²) in [7, 11) is 2.89. The average Bonchev–Trinajstić information content (AvgIpc) is 2.41. The topological polar surface area (TPSA) is 85.0 Å². The maximum Gasteiger partial charge on any atom is 0.341 e. The van der Waals surface area contributed by atoms with Crippen LogP contribution in [0.5, 0.6) is 11.5 Å². The summed E-state index contributed by atoms with van der Waals surface area (Å²) in [5.74, 6) is -4.66. The van der Waals surface area contributed by atoms with E-state index in [2.05, 4.69) is 0 Å². The maximum absolute atomic E-state index is 14.1. The fourth-order valence-corrected chi connectivity index (χ4v) is 2.45. The van der Waals surface area contributed by atoms with Crippen molar-refractivity contribution >= 4 is 11.7 Å². The largest absolute Gasteiger partial charge is 0.493 e. The van der Waals surface area contributed by atoms with Gasteiger partial charge in [-0.2, -0.15) is 0 Å². The molecule has 3 N–H and O–H groups in total. The number of carboxylic acids is 1. The van der Waals surface area contributed by atoms with Crippen LogP contribution in [0, 0.1) is 0 Å². The number of anilines is 1. The zero-order valence-corrected chi connectivity index (χ0v) is 12.3. The molecular formula is C14H18F2N2O4. The molecule has 0 aromatic heterocycles. The molecule has 0 bridgehead atoms. The summed E-state index contributed by atoms with van der Waals surface area (Å²) in [6.45, 7) is -0.0298. The van der Waals surface area contributed by atoms with Gasteiger partial charge in [0.15, 0.2) is 17.6 Å². The number of methoxy groups -OCH3 is 1. The van der Waals surface area contributed by atoms with Gasteiger partial charge >= 0.3 is 5.97 Å². The van der Waals surface area contributed by atoms with Crippen LogP contribution in [0.4, 0.5) is 14.5 Å². The standard InChI is InChI=1S/C14H18F2N2O4/c1-18-6-5-10(14(15,16)7-18)22-12-9(21-2)4-3-8(17)11(12)13(19)20/h3-4,10H,5-7,17H2,1-2H3,(H,19,20). The van der Waals surface area contributed by atoms with Gasteiger partial charge in [-0.15, -0.1) is 0 Å². The average molecular weight is 316 g/mol. The molecule has 1 unspecified atom stereocenters. The monoisotopic (exact) mass is 316 g/mol. The number of aromatic carboxylic acids is 1. The normalized spacial score (nSPS) is 21.4. The van der Waals surface area contributed by atoms with Crippen LogP contribution in [0.1, 0.15) is 16.8 Å². The number of likely N-dealkylation sites (tertiary alicyclic amines) is 1. The second-order valence-corrected chi connectivity index (χ2v) is 5.26. The fourth-order valence-electron chi connectivity index (χ4n) is 2.45. The molecule has 1 heterocycles. The lowest BCUT2D eigenvalue weighted by molar-refractivity contribution is -0.135. The lowest BCUT2D eigenvalue weighted by Crippen LogP contribution is -2.52. The second-order valence-electron chi connectivity index (χ2n) is 5.26. The Morgan fingerprint density at radius 1 is 1.50 bits per heavy atom. The smallest absolute Gasteiger partial charge is 0.341 e. The molecule has 1 aromatic carbocycles. The summed E-state index contributed by atoms with van der Waals surface area (Å²) in [6, 6.07) is 2.73. The number of carbonyl (C=O) groups is 1. The van der Waals surface area contributed by atoms with E-state index >= 15 is 0 Å². The Morgan fingerprint density at radius 3 is 2.73 bits per heavy atom. The van der Waals surface area contributed by atoms with E-state index < -0.39 is 24.5 Å². The first-order chi connectivity index (χ1) is 10.3. The number of rotatable bonds is 4. The van der Waals surface area contributed by atoms with Crippen LogP contribution in [-0.4, -0.2) is 55.2 Å². The lowest BCUT2D eigenvalue weighted by Gasteiger charge is -2.36. The number of nitrogen functional groups attached to an aromatic ring is 1. The molecule has 1 aliphatic heterocycles. The fraction of sp³-hybridized carbons (Fsp3) is 0.500. The Morgan fingerprint density at radius 2 is 2.18 bits per heavy atom. The molecule has 1 aromatic rings. The van der Waals surface area contributed by atoms with Gasteiger partial charge in [-0.3, -0.25) is 0 Å². The van der Waals surface area contributed by atoms with E-state index in [9.17, 15) is 18.7 Å². The third-order valence-corrected chi connectivity index (χ3v) is 3.57. The number of alkyl halides is 2. The van der Waals surface area contributed by atoms with Crippen molar-refractivity contribution in [2.24, 2.45) is 0 Å². The van der Waals surface area contributed by atoms with Crippen LogP contribution in [0.25, 0.3) is 0 Å². The number of carboxylic acid groups (broad SMARTS) is 1. The molecule has 0 amide bonds. The Hall–Kier alpha value is -2.09. The SMILES string of the molecule is COc1ccc(N)c(C(=O)O)c1OC1CCN(C)CC1(F)F. The number of hydrogen-bond donors (Lipinski definition) is 2. The van der Waals surface area contributed by atoms with Crippen molar-refractivity contribution in [3.63, 3.8) is 0 Å². The predicted octanol–water partition coefficient (Wildman–Crippen LogP) is 1.69. The highest BCUT2D eigenvalue weighted by atomic mass is 19.3. The van der Waals surface area contributed by atoms with Crippen molar-refractivity contribution in [1.82, 2.24) is 4.90 Å². The number of ether oxygens (including phenoxy) is 2. The van der Waals surface area contributed by atoms with Crippen LogP contribution in [0.15, 0.2) is 12.1 Å². The lowest BCUT2D eigenvalue weighted by atomic mass is 10.0. The summed E-state index contributed by atoms with van der Waals surface area (Å²) in [5.41, 5.74) is 5.19. The minimum Gasteiger partial charge on any atom is -0.493 e. The molecule has 0 saturated carbocycles. The number of nitrogens with two attached hydrogens (primary N) is 1. The third-order valence-electron chi connectivity index (χ3n) is 3.57. The quantitative estimate of drug-likeness (QED) is 0.822. The van der Waals surface area contributed by atoms with Crippen LogP contribution in [-0.2, 0) is 0 Å². The van der Waals surface area contributed by atoms with Crippen molar-refractivity contribution in [1.29, 1.82) is 0 Å². The van der Waals surface area contributed by atoms with Gasteiger partial charge in [0, 0.05) is 13.0 Å². The van der Waals surface area contributed by atoms with Crippen molar-refractivity contribution in [3.05, 3.63) is 17.7 Å². The van der Waals surface area contributed by atoms with Crippen molar-refractivity contribution in [2.75, 3.05) is 33.0 Å². The van der Waals surface area contributed by atoms with Gasteiger partial charge in [0.2, 0.25) is 0 Å². The van der Waals surface area contributed by atoms with Crippen LogP contribution >= 0.6 is 0 Å². The van der Waals surface area contributed by atoms with Gasteiger partial charge in [0.1, 0.15) is 5.56 Å². The Bertz CT molecular complexity index is 580. The summed E-state index contributed by atoms with van der Waals surface area (Å²) in [6.07, 6.45) is -1.36. The van der Waals surface area contributed by atoms with E-state index in [0.717, 1.165) is 0 Å². The molecule has 8 heteroatoms. The van der Waals surface area contributed by atoms with Gasteiger partial charge < -0.3 is 25.2 Å². The van der Waals surface area contributed by atoms with E-state index in [0.29, 0.717) is 6.54 Å². The molecule has 22 heavy (non-hydrogen) atoms. The van der Waals surface area contributed by atoms with Gasteiger partial charge in [-0.1, -0.05) is 0 Å². The number of piperidine rings is 1. The first-order valence-electron chi connectivity index (χ1n) is 6.69. The van der Waals surface area contributed by atoms with E-state index in [1.165, 1.54) is 24.1 Å². The van der Waals surface area contributed by atoms with Gasteiger partial charge in [-0.05, 0) is 19.2 Å². The third kappa shape index (κ3) is 3.06. The highest BCUT2D eigenvalue weighted by Crippen LogP contribution is 2.39. The van der Waals surface area contributed by atoms with Crippen molar-refractivity contribution in [2.45, 2.75) is 18.4 Å². The minimum absolute atomic E-state index is 0.0568. The maximum atomic E-state index is 14.1. The molecule has 1 aliphatic rings.